The first-order valence-electron chi connectivity index (χ1n) is 9.15. The monoisotopic (exact) mass is 414 g/mol. The molecule has 2 saturated heterocycles. The van der Waals surface area contributed by atoms with E-state index in [0.29, 0.717) is 27.2 Å². The van der Waals surface area contributed by atoms with Gasteiger partial charge in [0.15, 0.2) is 5.11 Å². The Kier molecular flexibility index (Phi) is 5.03. The molecule has 0 spiro atoms. The second kappa shape index (κ2) is 7.48. The minimum Gasteiger partial charge on any atom is -0.336 e. The van der Waals surface area contributed by atoms with Crippen LogP contribution >= 0.6 is 23.8 Å². The lowest BCUT2D eigenvalue weighted by molar-refractivity contribution is -0.120. The van der Waals surface area contributed by atoms with Crippen molar-refractivity contribution in [2.45, 2.75) is 32.2 Å². The summed E-state index contributed by atoms with van der Waals surface area (Å²) in [7, 11) is 0. The summed E-state index contributed by atoms with van der Waals surface area (Å²) in [5, 5.41) is 3.63. The molecule has 1 atom stereocenters. The SMILES string of the molecule is Cc1cccc(C(=O)Nc2ccc(N3C(=O)C4CCCCN4C3=S)c(Cl)c2)n1. The molecule has 0 bridgehead atoms. The molecule has 0 saturated carbocycles. The van der Waals surface area contributed by atoms with E-state index in [1.54, 1.807) is 30.3 Å². The number of rotatable bonds is 3. The zero-order valence-corrected chi connectivity index (χ0v) is 16.9. The summed E-state index contributed by atoms with van der Waals surface area (Å²) in [5.74, 6) is -0.357. The molecule has 1 aromatic heterocycles. The second-order valence-electron chi connectivity index (χ2n) is 6.95. The minimum atomic E-state index is -0.322. The van der Waals surface area contributed by atoms with Crippen LogP contribution in [0.2, 0.25) is 5.02 Å². The summed E-state index contributed by atoms with van der Waals surface area (Å²) in [6.07, 6.45) is 2.86. The lowest BCUT2D eigenvalue weighted by Gasteiger charge is -2.28. The van der Waals surface area contributed by atoms with Crippen molar-refractivity contribution < 1.29 is 9.59 Å². The van der Waals surface area contributed by atoms with Crippen LogP contribution in [-0.4, -0.2) is 39.4 Å². The molecule has 2 aliphatic heterocycles. The Hall–Kier alpha value is -2.51. The van der Waals surface area contributed by atoms with Crippen LogP contribution in [0.15, 0.2) is 36.4 Å². The number of amides is 2. The molecule has 2 fully saturated rings. The van der Waals surface area contributed by atoms with Gasteiger partial charge < -0.3 is 10.2 Å². The second-order valence-corrected chi connectivity index (χ2v) is 7.72. The lowest BCUT2D eigenvalue weighted by Crippen LogP contribution is -2.38. The number of nitrogens with zero attached hydrogens (tertiary/aromatic N) is 3. The molecule has 8 heteroatoms. The van der Waals surface area contributed by atoms with E-state index < -0.39 is 0 Å². The van der Waals surface area contributed by atoms with Crippen LogP contribution in [0.25, 0.3) is 0 Å². The van der Waals surface area contributed by atoms with E-state index >= 15 is 0 Å². The zero-order chi connectivity index (χ0) is 19.8. The fourth-order valence-electron chi connectivity index (χ4n) is 3.64. The van der Waals surface area contributed by atoms with E-state index in [4.69, 9.17) is 23.8 Å². The molecule has 4 rings (SSSR count). The smallest absolute Gasteiger partial charge is 0.274 e. The number of aromatic nitrogens is 1. The highest BCUT2D eigenvalue weighted by Gasteiger charge is 2.44. The fraction of sp³-hybridized carbons (Fsp3) is 0.300. The number of fused-ring (bicyclic) bond motifs is 1. The molecule has 144 valence electrons. The van der Waals surface area contributed by atoms with Gasteiger partial charge in [-0.25, -0.2) is 4.98 Å². The third-order valence-electron chi connectivity index (χ3n) is 5.01. The normalized spacial score (nSPS) is 19.0. The molecule has 1 N–H and O–H groups in total. The first kappa shape index (κ1) is 18.8. The molecule has 2 aromatic rings. The van der Waals surface area contributed by atoms with Gasteiger partial charge in [0.25, 0.3) is 11.8 Å². The number of nitrogens with one attached hydrogen (secondary N) is 1. The van der Waals surface area contributed by atoms with Crippen LogP contribution in [0.4, 0.5) is 11.4 Å². The highest BCUT2D eigenvalue weighted by atomic mass is 35.5. The predicted octanol–water partition coefficient (Wildman–Crippen LogP) is 3.78. The van der Waals surface area contributed by atoms with E-state index in [1.807, 2.05) is 17.9 Å². The Balaban J connectivity index is 1.56. The molecular formula is C20H19ClN4O2S. The zero-order valence-electron chi connectivity index (χ0n) is 15.3. The molecule has 28 heavy (non-hydrogen) atoms. The number of carbonyl (C=O) groups is 2. The van der Waals surface area contributed by atoms with Crippen molar-refractivity contribution in [1.82, 2.24) is 9.88 Å². The number of halogens is 1. The maximum absolute atomic E-state index is 12.8. The van der Waals surface area contributed by atoms with Gasteiger partial charge in [-0.3, -0.25) is 14.5 Å². The van der Waals surface area contributed by atoms with Crippen LogP contribution in [0.3, 0.4) is 0 Å². The third kappa shape index (κ3) is 3.36. The highest BCUT2D eigenvalue weighted by Crippen LogP contribution is 2.36. The molecule has 2 amide bonds. The highest BCUT2D eigenvalue weighted by molar-refractivity contribution is 7.80. The number of benzene rings is 1. The molecule has 6 nitrogen and oxygen atoms in total. The van der Waals surface area contributed by atoms with E-state index in [-0.39, 0.29) is 17.9 Å². The number of carbonyl (C=O) groups excluding carboxylic acids is 2. The summed E-state index contributed by atoms with van der Waals surface area (Å²) in [5.41, 5.74) is 2.15. The van der Waals surface area contributed by atoms with Crippen molar-refractivity contribution in [3.05, 3.63) is 52.8 Å². The molecular weight excluding hydrogens is 396 g/mol. The van der Waals surface area contributed by atoms with Gasteiger partial charge >= 0.3 is 0 Å². The minimum absolute atomic E-state index is 0.0349. The number of aryl methyl sites for hydroxylation is 1. The van der Waals surface area contributed by atoms with Gasteiger partial charge in [0, 0.05) is 17.9 Å². The van der Waals surface area contributed by atoms with Crippen LogP contribution in [0.1, 0.15) is 35.4 Å². The summed E-state index contributed by atoms with van der Waals surface area (Å²) in [4.78, 5) is 32.9. The summed E-state index contributed by atoms with van der Waals surface area (Å²) in [6.45, 7) is 2.62. The van der Waals surface area contributed by atoms with Crippen LogP contribution in [-0.2, 0) is 4.79 Å². The van der Waals surface area contributed by atoms with Crippen molar-refractivity contribution in [3.63, 3.8) is 0 Å². The van der Waals surface area contributed by atoms with Gasteiger partial charge in [0.2, 0.25) is 0 Å². The summed E-state index contributed by atoms with van der Waals surface area (Å²) >= 11 is 12.0. The first-order valence-corrected chi connectivity index (χ1v) is 9.93. The van der Waals surface area contributed by atoms with Crippen molar-refractivity contribution in [2.24, 2.45) is 0 Å². The predicted molar refractivity (Wildman–Crippen MR) is 113 cm³/mol. The van der Waals surface area contributed by atoms with Crippen LogP contribution in [0, 0.1) is 6.92 Å². The van der Waals surface area contributed by atoms with Crippen molar-refractivity contribution >= 4 is 52.1 Å². The van der Waals surface area contributed by atoms with Crippen molar-refractivity contribution in [1.29, 1.82) is 0 Å². The van der Waals surface area contributed by atoms with Gasteiger partial charge in [-0.15, -0.1) is 0 Å². The van der Waals surface area contributed by atoms with Gasteiger partial charge in [-0.05, 0) is 68.7 Å². The van der Waals surface area contributed by atoms with Gasteiger partial charge in [0.1, 0.15) is 11.7 Å². The van der Waals surface area contributed by atoms with Crippen LogP contribution in [0.5, 0.6) is 0 Å². The quantitative estimate of drug-likeness (QED) is 0.774. The van der Waals surface area contributed by atoms with Crippen molar-refractivity contribution in [2.75, 3.05) is 16.8 Å². The maximum atomic E-state index is 12.8. The van der Waals surface area contributed by atoms with Crippen LogP contribution < -0.4 is 10.2 Å². The Morgan fingerprint density at radius 3 is 2.82 bits per heavy atom. The Morgan fingerprint density at radius 1 is 1.29 bits per heavy atom. The van der Waals surface area contributed by atoms with Gasteiger partial charge in [-0.2, -0.15) is 0 Å². The Labute approximate surface area is 173 Å². The number of piperidine rings is 1. The first-order chi connectivity index (χ1) is 13.5. The Morgan fingerprint density at radius 2 is 2.11 bits per heavy atom. The number of hydrogen-bond acceptors (Lipinski definition) is 4. The van der Waals surface area contributed by atoms with Crippen molar-refractivity contribution in [3.8, 4) is 0 Å². The maximum Gasteiger partial charge on any atom is 0.274 e. The van der Waals surface area contributed by atoms with Gasteiger partial charge in [-0.1, -0.05) is 17.7 Å². The number of thiocarbonyl (C=S) groups is 1. The third-order valence-corrected chi connectivity index (χ3v) is 5.73. The molecule has 0 aliphatic carbocycles. The average molecular weight is 415 g/mol. The van der Waals surface area contributed by atoms with E-state index in [0.717, 1.165) is 31.5 Å². The Bertz CT molecular complexity index is 956. The van der Waals surface area contributed by atoms with Gasteiger partial charge in [0.05, 0.1) is 10.7 Å². The van der Waals surface area contributed by atoms with E-state index in [1.165, 1.54) is 4.90 Å². The van der Waals surface area contributed by atoms with E-state index in [2.05, 4.69) is 10.3 Å². The topological polar surface area (TPSA) is 65.5 Å². The largest absolute Gasteiger partial charge is 0.336 e. The fourth-order valence-corrected chi connectivity index (χ4v) is 4.31. The number of pyridine rings is 1. The number of hydrogen-bond donors (Lipinski definition) is 1. The van der Waals surface area contributed by atoms with E-state index in [9.17, 15) is 9.59 Å². The molecule has 3 heterocycles. The lowest BCUT2D eigenvalue weighted by atomic mass is 10.0. The average Bonchev–Trinajstić information content (AvgIpc) is 2.93. The summed E-state index contributed by atoms with van der Waals surface area (Å²) in [6, 6.07) is 10.1. The molecule has 0 radical (unpaired) electrons. The molecule has 1 aromatic carbocycles. The standard InChI is InChI=1S/C20H19ClN4O2S/c1-12-5-4-6-15(22-12)18(26)23-13-8-9-16(14(21)11-13)25-19(27)17-7-2-3-10-24(17)20(25)28/h4-6,8-9,11,17H,2-3,7,10H2,1H3,(H,23,26). The molecule has 1 unspecified atom stereocenters. The number of anilines is 2. The molecule has 2 aliphatic rings. The summed E-state index contributed by atoms with van der Waals surface area (Å²) < 4.78 is 0.